The van der Waals surface area contributed by atoms with Crippen molar-refractivity contribution in [1.82, 2.24) is 0 Å². The topological polar surface area (TPSA) is 89.6 Å². The zero-order valence-corrected chi connectivity index (χ0v) is 13.1. The highest BCUT2D eigenvalue weighted by Crippen LogP contribution is 2.18. The molecule has 1 aromatic carbocycles. The highest BCUT2D eigenvalue weighted by molar-refractivity contribution is 6.30. The monoisotopic (exact) mass is 313 g/mol. The fraction of sp³-hybridized carbons (Fsp3) is 0.467. The average molecular weight is 314 g/mol. The van der Waals surface area contributed by atoms with E-state index in [0.29, 0.717) is 5.02 Å². The molecule has 116 valence electrons. The number of ether oxygens (including phenoxy) is 1. The number of hydrogen-bond donors (Lipinski definition) is 2. The maximum atomic E-state index is 12.0. The lowest BCUT2D eigenvalue weighted by Crippen LogP contribution is -2.45. The fourth-order valence-corrected chi connectivity index (χ4v) is 2.09. The molecule has 1 rings (SSSR count). The van der Waals surface area contributed by atoms with Crippen LogP contribution in [0.2, 0.25) is 5.02 Å². The van der Waals surface area contributed by atoms with Gasteiger partial charge >= 0.3 is 11.9 Å². The summed E-state index contributed by atoms with van der Waals surface area (Å²) in [4.78, 5) is 23.3. The van der Waals surface area contributed by atoms with E-state index < -0.39 is 29.5 Å². The number of carbonyl (C=O) groups excluding carboxylic acids is 1. The molecule has 6 heteroatoms. The minimum absolute atomic E-state index is 0.219. The molecule has 0 aromatic heterocycles. The van der Waals surface area contributed by atoms with E-state index in [2.05, 4.69) is 0 Å². The molecule has 0 radical (unpaired) electrons. The Morgan fingerprint density at radius 3 is 2.48 bits per heavy atom. The molecule has 0 spiro atoms. The molecule has 0 saturated carbocycles. The van der Waals surface area contributed by atoms with E-state index in [9.17, 15) is 14.7 Å². The van der Waals surface area contributed by atoms with Crippen molar-refractivity contribution in [3.8, 4) is 0 Å². The summed E-state index contributed by atoms with van der Waals surface area (Å²) in [6.07, 6.45) is 0.219. The van der Waals surface area contributed by atoms with Crippen LogP contribution in [-0.4, -0.2) is 28.7 Å². The predicted octanol–water partition coefficient (Wildman–Crippen LogP) is 2.25. The molecule has 0 aliphatic rings. The summed E-state index contributed by atoms with van der Waals surface area (Å²) >= 11 is 5.87. The van der Waals surface area contributed by atoms with Gasteiger partial charge in [0.15, 0.2) is 5.92 Å². The third-order valence-corrected chi connectivity index (χ3v) is 2.95. The molecule has 3 N–H and O–H groups in total. The molecule has 1 aromatic rings. The van der Waals surface area contributed by atoms with E-state index in [1.54, 1.807) is 45.0 Å². The van der Waals surface area contributed by atoms with Crippen LogP contribution >= 0.6 is 11.6 Å². The second kappa shape index (κ2) is 6.91. The van der Waals surface area contributed by atoms with Crippen molar-refractivity contribution in [3.05, 3.63) is 34.9 Å². The van der Waals surface area contributed by atoms with Gasteiger partial charge in [0.25, 0.3) is 0 Å². The summed E-state index contributed by atoms with van der Waals surface area (Å²) in [5.41, 5.74) is 5.90. The van der Waals surface area contributed by atoms with Gasteiger partial charge in [-0.05, 0) is 44.9 Å². The second-order valence-electron chi connectivity index (χ2n) is 5.85. The van der Waals surface area contributed by atoms with Crippen molar-refractivity contribution in [2.45, 2.75) is 38.8 Å². The van der Waals surface area contributed by atoms with Gasteiger partial charge in [0.05, 0.1) is 0 Å². The zero-order chi connectivity index (χ0) is 16.2. The van der Waals surface area contributed by atoms with Crippen LogP contribution in [0.25, 0.3) is 0 Å². The third-order valence-electron chi connectivity index (χ3n) is 2.72. The third kappa shape index (κ3) is 5.73. The Kier molecular flexibility index (Phi) is 5.75. The quantitative estimate of drug-likeness (QED) is 0.643. The van der Waals surface area contributed by atoms with Crippen molar-refractivity contribution in [2.75, 3.05) is 0 Å². The summed E-state index contributed by atoms with van der Waals surface area (Å²) in [6, 6.07) is 6.03. The number of benzene rings is 1. The molecule has 21 heavy (non-hydrogen) atoms. The van der Waals surface area contributed by atoms with Gasteiger partial charge in [0.1, 0.15) is 5.60 Å². The number of esters is 1. The van der Waals surface area contributed by atoms with Gasteiger partial charge in [-0.2, -0.15) is 0 Å². The van der Waals surface area contributed by atoms with Crippen LogP contribution in [-0.2, 0) is 20.7 Å². The highest BCUT2D eigenvalue weighted by atomic mass is 35.5. The van der Waals surface area contributed by atoms with Crippen molar-refractivity contribution in [1.29, 1.82) is 0 Å². The van der Waals surface area contributed by atoms with Gasteiger partial charge in [-0.25, -0.2) is 0 Å². The number of nitrogens with two attached hydrogens (primary N) is 1. The predicted molar refractivity (Wildman–Crippen MR) is 80.1 cm³/mol. The zero-order valence-electron chi connectivity index (χ0n) is 12.3. The lowest BCUT2D eigenvalue weighted by atomic mass is 9.94. The minimum atomic E-state index is -1.41. The van der Waals surface area contributed by atoms with Crippen molar-refractivity contribution >= 4 is 23.5 Å². The molecule has 0 saturated heterocycles. The Morgan fingerprint density at radius 1 is 1.38 bits per heavy atom. The molecule has 0 aliphatic heterocycles. The first-order chi connectivity index (χ1) is 9.60. The first-order valence-electron chi connectivity index (χ1n) is 6.56. The molecule has 0 unspecified atom stereocenters. The maximum Gasteiger partial charge on any atom is 0.322 e. The Hall–Kier alpha value is -1.59. The normalized spacial score (nSPS) is 14.3. The van der Waals surface area contributed by atoms with Crippen molar-refractivity contribution in [2.24, 2.45) is 11.7 Å². The number of carboxylic acids is 1. The molecule has 0 amide bonds. The van der Waals surface area contributed by atoms with Crippen LogP contribution in [0.3, 0.4) is 0 Å². The van der Waals surface area contributed by atoms with E-state index in [-0.39, 0.29) is 6.42 Å². The fourth-order valence-electron chi connectivity index (χ4n) is 1.88. The lowest BCUT2D eigenvalue weighted by molar-refractivity contribution is -0.167. The summed E-state index contributed by atoms with van der Waals surface area (Å²) < 4.78 is 5.12. The molecule has 5 nitrogen and oxygen atoms in total. The first kappa shape index (κ1) is 17.5. The van der Waals surface area contributed by atoms with E-state index in [0.717, 1.165) is 5.56 Å². The van der Waals surface area contributed by atoms with E-state index >= 15 is 0 Å². The summed E-state index contributed by atoms with van der Waals surface area (Å²) in [5, 5.41) is 9.77. The Morgan fingerprint density at radius 2 is 2.00 bits per heavy atom. The maximum absolute atomic E-state index is 12.0. The Balaban J connectivity index is 2.85. The SMILES string of the molecule is CC(C)(C)OC(=O)[C@H](C(=O)O)[C@H](N)Cc1cccc(Cl)c1. The van der Waals surface area contributed by atoms with Gasteiger partial charge in [-0.3, -0.25) is 9.59 Å². The summed E-state index contributed by atoms with van der Waals surface area (Å²) in [5.74, 6) is -3.54. The lowest BCUT2D eigenvalue weighted by Gasteiger charge is -2.25. The van der Waals surface area contributed by atoms with Crippen LogP contribution in [0.1, 0.15) is 26.3 Å². The standard InChI is InChI=1S/C15H20ClNO4/c1-15(2,3)21-14(20)12(13(18)19)11(17)8-9-5-4-6-10(16)7-9/h4-7,11-12H,8,17H2,1-3H3,(H,18,19)/t11-,12+/m1/s1. The summed E-state index contributed by atoms with van der Waals surface area (Å²) in [6.45, 7) is 5.02. The van der Waals surface area contributed by atoms with Gasteiger partial charge in [-0.15, -0.1) is 0 Å². The first-order valence-corrected chi connectivity index (χ1v) is 6.93. The van der Waals surface area contributed by atoms with Gasteiger partial charge in [0, 0.05) is 11.1 Å². The molecule has 0 bridgehead atoms. The number of carbonyl (C=O) groups is 2. The largest absolute Gasteiger partial charge is 0.481 e. The molecule has 0 aliphatic carbocycles. The van der Waals surface area contributed by atoms with Gasteiger partial charge in [0.2, 0.25) is 0 Å². The molecule has 0 heterocycles. The smallest absolute Gasteiger partial charge is 0.322 e. The number of hydrogen-bond acceptors (Lipinski definition) is 4. The van der Waals surface area contributed by atoms with E-state index in [1.165, 1.54) is 0 Å². The van der Waals surface area contributed by atoms with Gasteiger partial charge in [-0.1, -0.05) is 23.7 Å². The number of halogens is 1. The number of rotatable bonds is 5. The average Bonchev–Trinajstić information content (AvgIpc) is 2.25. The van der Waals surface area contributed by atoms with E-state index in [4.69, 9.17) is 22.1 Å². The number of aliphatic carboxylic acids is 1. The molecular formula is C15H20ClNO4. The van der Waals surface area contributed by atoms with Crippen LogP contribution in [0.15, 0.2) is 24.3 Å². The Bertz CT molecular complexity index is 525. The summed E-state index contributed by atoms with van der Waals surface area (Å²) in [7, 11) is 0. The molecule has 0 fully saturated rings. The number of carboxylic acid groups (broad SMARTS) is 1. The van der Waals surface area contributed by atoms with Crippen LogP contribution in [0.5, 0.6) is 0 Å². The van der Waals surface area contributed by atoms with Crippen molar-refractivity contribution < 1.29 is 19.4 Å². The van der Waals surface area contributed by atoms with Crippen LogP contribution in [0, 0.1) is 5.92 Å². The Labute approximate surface area is 129 Å². The molecular weight excluding hydrogens is 294 g/mol. The van der Waals surface area contributed by atoms with Crippen molar-refractivity contribution in [3.63, 3.8) is 0 Å². The second-order valence-corrected chi connectivity index (χ2v) is 6.28. The van der Waals surface area contributed by atoms with E-state index in [1.807, 2.05) is 0 Å². The van der Waals surface area contributed by atoms with Crippen LogP contribution in [0.4, 0.5) is 0 Å². The minimum Gasteiger partial charge on any atom is -0.481 e. The van der Waals surface area contributed by atoms with Crippen LogP contribution < -0.4 is 5.73 Å². The van der Waals surface area contributed by atoms with Gasteiger partial charge < -0.3 is 15.6 Å². The highest BCUT2D eigenvalue weighted by Gasteiger charge is 2.36. The molecule has 2 atom stereocenters.